The highest BCUT2D eigenvalue weighted by atomic mass is 32.2. The molecule has 94 valence electrons. The zero-order chi connectivity index (χ0) is 12.4. The van der Waals surface area contributed by atoms with Gasteiger partial charge in [-0.25, -0.2) is 4.98 Å². The van der Waals surface area contributed by atoms with Gasteiger partial charge in [0.15, 0.2) is 6.29 Å². The number of thioether (sulfide) groups is 1. The highest BCUT2D eigenvalue weighted by molar-refractivity contribution is 7.99. The third-order valence-corrected chi connectivity index (χ3v) is 4.79. The number of aldehydes is 1. The molecule has 3 rings (SSSR count). The number of hydrogen-bond acceptors (Lipinski definition) is 3. The summed E-state index contributed by atoms with van der Waals surface area (Å²) in [6, 6.07) is 5.75. The fourth-order valence-electron chi connectivity index (χ4n) is 2.60. The highest BCUT2D eigenvalue weighted by Gasteiger charge is 2.17. The normalized spacial score (nSPS) is 20.1. The smallest absolute Gasteiger partial charge is 0.166 e. The van der Waals surface area contributed by atoms with Crippen LogP contribution in [0.4, 0.5) is 0 Å². The molecular weight excluding hydrogens is 244 g/mol. The number of carbonyl (C=O) groups excluding carboxylic acids is 1. The molecule has 0 spiro atoms. The molecule has 0 aliphatic carbocycles. The van der Waals surface area contributed by atoms with Crippen molar-refractivity contribution in [2.75, 3.05) is 11.5 Å². The van der Waals surface area contributed by atoms with Crippen molar-refractivity contribution in [1.82, 2.24) is 9.38 Å². The summed E-state index contributed by atoms with van der Waals surface area (Å²) in [6.07, 6.45) is 6.34. The van der Waals surface area contributed by atoms with Crippen molar-refractivity contribution in [3.63, 3.8) is 0 Å². The number of pyridine rings is 1. The van der Waals surface area contributed by atoms with Gasteiger partial charge >= 0.3 is 0 Å². The molecule has 1 atom stereocenters. The molecule has 18 heavy (non-hydrogen) atoms. The van der Waals surface area contributed by atoms with E-state index in [0.717, 1.165) is 24.0 Å². The lowest BCUT2D eigenvalue weighted by Gasteiger charge is -2.20. The Bertz CT molecular complexity index is 558. The van der Waals surface area contributed by atoms with Gasteiger partial charge in [0.05, 0.1) is 17.4 Å². The maximum atomic E-state index is 11.1. The fourth-order valence-corrected chi connectivity index (χ4v) is 3.76. The van der Waals surface area contributed by atoms with Crippen LogP contribution in [-0.2, 0) is 6.42 Å². The third kappa shape index (κ3) is 2.17. The second-order valence-electron chi connectivity index (χ2n) is 4.79. The summed E-state index contributed by atoms with van der Waals surface area (Å²) in [5.74, 6) is 4.24. The van der Waals surface area contributed by atoms with E-state index in [1.165, 1.54) is 24.3 Å². The molecule has 3 heterocycles. The van der Waals surface area contributed by atoms with Crippen molar-refractivity contribution in [2.45, 2.75) is 19.3 Å². The minimum Gasteiger partial charge on any atom is -0.296 e. The van der Waals surface area contributed by atoms with E-state index in [1.54, 1.807) is 0 Å². The van der Waals surface area contributed by atoms with Crippen molar-refractivity contribution in [1.29, 1.82) is 0 Å². The third-order valence-electron chi connectivity index (χ3n) is 3.50. The lowest BCUT2D eigenvalue weighted by molar-refractivity contribution is 0.111. The number of hydrogen-bond donors (Lipinski definition) is 0. The molecule has 0 saturated carbocycles. The van der Waals surface area contributed by atoms with Crippen LogP contribution in [0, 0.1) is 5.92 Å². The SMILES string of the molecule is O=Cc1cccc2cnc(CC3CCCSC3)n12. The molecule has 0 N–H and O–H groups in total. The van der Waals surface area contributed by atoms with Crippen LogP contribution in [0.1, 0.15) is 29.2 Å². The van der Waals surface area contributed by atoms with Gasteiger partial charge in [0.25, 0.3) is 0 Å². The molecule has 0 radical (unpaired) electrons. The van der Waals surface area contributed by atoms with Crippen LogP contribution in [0.3, 0.4) is 0 Å². The topological polar surface area (TPSA) is 34.4 Å². The summed E-state index contributed by atoms with van der Waals surface area (Å²) in [5, 5.41) is 0. The Balaban J connectivity index is 1.93. The van der Waals surface area contributed by atoms with Crippen LogP contribution in [0.15, 0.2) is 24.4 Å². The molecular formula is C14H16N2OS. The molecule has 0 bridgehead atoms. The number of imidazole rings is 1. The summed E-state index contributed by atoms with van der Waals surface area (Å²) >= 11 is 2.03. The Morgan fingerprint density at radius 1 is 1.50 bits per heavy atom. The second kappa shape index (κ2) is 5.14. The van der Waals surface area contributed by atoms with Crippen molar-refractivity contribution in [2.24, 2.45) is 5.92 Å². The van der Waals surface area contributed by atoms with E-state index in [4.69, 9.17) is 0 Å². The lowest BCUT2D eigenvalue weighted by Crippen LogP contribution is -2.15. The number of aromatic nitrogens is 2. The van der Waals surface area contributed by atoms with Crippen LogP contribution < -0.4 is 0 Å². The summed E-state index contributed by atoms with van der Waals surface area (Å²) < 4.78 is 1.99. The molecule has 3 nitrogen and oxygen atoms in total. The zero-order valence-corrected chi connectivity index (χ0v) is 11.0. The Hall–Kier alpha value is -1.29. The van der Waals surface area contributed by atoms with E-state index < -0.39 is 0 Å². The van der Waals surface area contributed by atoms with Crippen molar-refractivity contribution < 1.29 is 4.79 Å². The number of carbonyl (C=O) groups is 1. The van der Waals surface area contributed by atoms with Gasteiger partial charge in [0.2, 0.25) is 0 Å². The summed E-state index contributed by atoms with van der Waals surface area (Å²) in [7, 11) is 0. The molecule has 2 aromatic rings. The van der Waals surface area contributed by atoms with E-state index >= 15 is 0 Å². The average Bonchev–Trinajstić information content (AvgIpc) is 2.83. The van der Waals surface area contributed by atoms with Crippen LogP contribution >= 0.6 is 11.8 Å². The molecule has 1 aliphatic rings. The Labute approximate surface area is 111 Å². The molecule has 0 amide bonds. The van der Waals surface area contributed by atoms with Crippen molar-refractivity contribution >= 4 is 23.6 Å². The molecule has 1 saturated heterocycles. The van der Waals surface area contributed by atoms with Gasteiger partial charge in [0, 0.05) is 6.42 Å². The molecule has 4 heteroatoms. The predicted molar refractivity (Wildman–Crippen MR) is 74.3 cm³/mol. The first-order valence-electron chi connectivity index (χ1n) is 6.37. The zero-order valence-electron chi connectivity index (χ0n) is 10.2. The van der Waals surface area contributed by atoms with Gasteiger partial charge in [0.1, 0.15) is 5.82 Å². The Morgan fingerprint density at radius 2 is 2.44 bits per heavy atom. The molecule has 0 aromatic carbocycles. The minimum absolute atomic E-state index is 0.698. The van der Waals surface area contributed by atoms with Crippen molar-refractivity contribution in [3.8, 4) is 0 Å². The van der Waals surface area contributed by atoms with Crippen LogP contribution in [0.2, 0.25) is 0 Å². The molecule has 1 aliphatic heterocycles. The fraction of sp³-hybridized carbons (Fsp3) is 0.429. The minimum atomic E-state index is 0.698. The van der Waals surface area contributed by atoms with E-state index in [-0.39, 0.29) is 0 Å². The van der Waals surface area contributed by atoms with Crippen LogP contribution in [0.25, 0.3) is 5.52 Å². The second-order valence-corrected chi connectivity index (χ2v) is 5.94. The molecule has 1 unspecified atom stereocenters. The van der Waals surface area contributed by atoms with Gasteiger partial charge in [-0.15, -0.1) is 0 Å². The standard InChI is InChI=1S/C14H16N2OS/c17-9-13-5-1-4-12-8-15-14(16(12)13)7-11-3-2-6-18-10-11/h1,4-5,8-9,11H,2-3,6-7,10H2. The van der Waals surface area contributed by atoms with E-state index in [2.05, 4.69) is 4.98 Å². The summed E-state index contributed by atoms with van der Waals surface area (Å²) in [6.45, 7) is 0. The van der Waals surface area contributed by atoms with Crippen molar-refractivity contribution in [3.05, 3.63) is 35.9 Å². The van der Waals surface area contributed by atoms with Gasteiger partial charge in [-0.3, -0.25) is 9.20 Å². The Morgan fingerprint density at radius 3 is 3.22 bits per heavy atom. The number of rotatable bonds is 3. The summed E-state index contributed by atoms with van der Waals surface area (Å²) in [5.41, 5.74) is 1.71. The first kappa shape index (κ1) is 11.8. The van der Waals surface area contributed by atoms with Gasteiger partial charge in [-0.1, -0.05) is 6.07 Å². The quantitative estimate of drug-likeness (QED) is 0.796. The first-order valence-corrected chi connectivity index (χ1v) is 7.52. The average molecular weight is 260 g/mol. The van der Waals surface area contributed by atoms with E-state index in [1.807, 2.05) is 40.6 Å². The van der Waals surface area contributed by atoms with Gasteiger partial charge in [-0.2, -0.15) is 11.8 Å². The van der Waals surface area contributed by atoms with Gasteiger partial charge in [-0.05, 0) is 42.4 Å². The Kier molecular flexibility index (Phi) is 3.37. The monoisotopic (exact) mass is 260 g/mol. The van der Waals surface area contributed by atoms with Crippen LogP contribution in [-0.4, -0.2) is 27.2 Å². The molecule has 2 aromatic heterocycles. The highest BCUT2D eigenvalue weighted by Crippen LogP contribution is 2.25. The maximum Gasteiger partial charge on any atom is 0.166 e. The van der Waals surface area contributed by atoms with Gasteiger partial charge < -0.3 is 0 Å². The summed E-state index contributed by atoms with van der Waals surface area (Å²) in [4.78, 5) is 15.6. The maximum absolute atomic E-state index is 11.1. The predicted octanol–water partition coefficient (Wildman–Crippen LogP) is 2.83. The van der Waals surface area contributed by atoms with E-state index in [9.17, 15) is 4.79 Å². The lowest BCUT2D eigenvalue weighted by atomic mass is 10.0. The van der Waals surface area contributed by atoms with Crippen LogP contribution in [0.5, 0.6) is 0 Å². The largest absolute Gasteiger partial charge is 0.296 e. The number of nitrogens with zero attached hydrogens (tertiary/aromatic N) is 2. The molecule has 1 fully saturated rings. The van der Waals surface area contributed by atoms with E-state index in [0.29, 0.717) is 11.6 Å². The first-order chi connectivity index (χ1) is 8.88. The number of fused-ring (bicyclic) bond motifs is 1.